The fraction of sp³-hybridized carbons (Fsp3) is 0.600. The zero-order chi connectivity index (χ0) is 17.6. The average Bonchev–Trinajstić information content (AvgIpc) is 2.59. The molecule has 9 heteroatoms. The number of anilines is 1. The number of nitrogens with zero attached hydrogens (tertiary/aromatic N) is 2. The third-order valence-electron chi connectivity index (χ3n) is 3.96. The summed E-state index contributed by atoms with van der Waals surface area (Å²) >= 11 is 0. The van der Waals surface area contributed by atoms with Gasteiger partial charge in [0.05, 0.1) is 9.82 Å². The highest BCUT2D eigenvalue weighted by molar-refractivity contribution is 7.89. The van der Waals surface area contributed by atoms with Crippen molar-refractivity contribution in [2.45, 2.75) is 30.6 Å². The Morgan fingerprint density at radius 2 is 2.00 bits per heavy atom. The number of nitro benzene ring substituents is 1. The fourth-order valence-corrected chi connectivity index (χ4v) is 4.20. The van der Waals surface area contributed by atoms with E-state index in [0.717, 1.165) is 25.3 Å². The van der Waals surface area contributed by atoms with Gasteiger partial charge < -0.3 is 10.1 Å². The molecule has 0 aliphatic carbocycles. The molecule has 2 rings (SSSR count). The summed E-state index contributed by atoms with van der Waals surface area (Å²) in [5.74, 6) is 0. The van der Waals surface area contributed by atoms with Gasteiger partial charge >= 0.3 is 0 Å². The molecule has 0 atom stereocenters. The average molecular weight is 357 g/mol. The molecule has 8 nitrogen and oxygen atoms in total. The smallest absolute Gasteiger partial charge is 0.293 e. The van der Waals surface area contributed by atoms with E-state index >= 15 is 0 Å². The second-order valence-electron chi connectivity index (χ2n) is 5.67. The highest BCUT2D eigenvalue weighted by atomic mass is 32.2. The van der Waals surface area contributed by atoms with Crippen LogP contribution in [0.15, 0.2) is 23.1 Å². The molecule has 24 heavy (non-hydrogen) atoms. The number of hydrogen-bond donors (Lipinski definition) is 1. The van der Waals surface area contributed by atoms with E-state index in [1.807, 2.05) is 0 Å². The number of ether oxygens (including phenoxy) is 1. The number of nitro groups is 1. The lowest BCUT2D eigenvalue weighted by Crippen LogP contribution is -2.35. The van der Waals surface area contributed by atoms with Crippen molar-refractivity contribution in [1.29, 1.82) is 0 Å². The van der Waals surface area contributed by atoms with E-state index < -0.39 is 14.9 Å². The van der Waals surface area contributed by atoms with E-state index in [1.165, 1.54) is 16.4 Å². The van der Waals surface area contributed by atoms with E-state index in [9.17, 15) is 18.5 Å². The van der Waals surface area contributed by atoms with Gasteiger partial charge in [-0.2, -0.15) is 4.31 Å². The second-order valence-corrected chi connectivity index (χ2v) is 7.61. The molecule has 0 unspecified atom stereocenters. The zero-order valence-electron chi connectivity index (χ0n) is 13.7. The SMILES string of the molecule is COCCCNc1ccc(S(=O)(=O)N2CCCCC2)cc1[N+](=O)[O-]. The van der Waals surface area contributed by atoms with Crippen molar-refractivity contribution < 1.29 is 18.1 Å². The van der Waals surface area contributed by atoms with Crippen LogP contribution in [0.3, 0.4) is 0 Å². The Morgan fingerprint density at radius 3 is 2.62 bits per heavy atom. The van der Waals surface area contributed by atoms with Gasteiger partial charge in [0.15, 0.2) is 0 Å². The van der Waals surface area contributed by atoms with Crippen molar-refractivity contribution >= 4 is 21.4 Å². The Kier molecular flexibility index (Phi) is 6.52. The summed E-state index contributed by atoms with van der Waals surface area (Å²) in [5.41, 5.74) is 0.0826. The molecule has 1 aromatic carbocycles. The first-order chi connectivity index (χ1) is 11.5. The Morgan fingerprint density at radius 1 is 1.29 bits per heavy atom. The van der Waals surface area contributed by atoms with E-state index in [1.54, 1.807) is 7.11 Å². The molecule has 1 aliphatic heterocycles. The Labute approximate surface area is 142 Å². The molecule has 1 heterocycles. The van der Waals surface area contributed by atoms with Crippen LogP contribution in [0.4, 0.5) is 11.4 Å². The summed E-state index contributed by atoms with van der Waals surface area (Å²) < 4.78 is 31.6. The van der Waals surface area contributed by atoms with Crippen molar-refractivity contribution in [1.82, 2.24) is 4.31 Å². The standard InChI is InChI=1S/C15H23N3O5S/c1-23-11-5-8-16-14-7-6-13(12-15(14)18(19)20)24(21,22)17-9-3-2-4-10-17/h6-7,12,16H,2-5,8-11H2,1H3. The highest BCUT2D eigenvalue weighted by Crippen LogP contribution is 2.29. The minimum Gasteiger partial charge on any atom is -0.385 e. The van der Waals surface area contributed by atoms with Crippen LogP contribution in [0, 0.1) is 10.1 Å². The van der Waals surface area contributed by atoms with Gasteiger partial charge in [-0.1, -0.05) is 6.42 Å². The number of sulfonamides is 1. The Bertz CT molecular complexity index is 672. The maximum Gasteiger partial charge on any atom is 0.293 e. The summed E-state index contributed by atoms with van der Waals surface area (Å²) in [5, 5.41) is 14.3. The third kappa shape index (κ3) is 4.43. The first-order valence-electron chi connectivity index (χ1n) is 7.98. The summed E-state index contributed by atoms with van der Waals surface area (Å²) in [6.07, 6.45) is 3.35. The Hall–Kier alpha value is -1.71. The molecule has 0 aromatic heterocycles. The molecule has 0 bridgehead atoms. The van der Waals surface area contributed by atoms with Crippen LogP contribution in [0.2, 0.25) is 0 Å². The van der Waals surface area contributed by atoms with E-state index in [-0.39, 0.29) is 10.6 Å². The minimum atomic E-state index is -3.68. The topological polar surface area (TPSA) is 102 Å². The molecule has 1 aliphatic rings. The van der Waals surface area contributed by atoms with Gasteiger partial charge in [0.1, 0.15) is 5.69 Å². The molecular formula is C15H23N3O5S. The molecule has 0 saturated carbocycles. The monoisotopic (exact) mass is 357 g/mol. The lowest BCUT2D eigenvalue weighted by Gasteiger charge is -2.25. The van der Waals surface area contributed by atoms with Crippen LogP contribution in [0.1, 0.15) is 25.7 Å². The molecular weight excluding hydrogens is 334 g/mol. The van der Waals surface area contributed by atoms with E-state index in [4.69, 9.17) is 4.74 Å². The number of nitrogens with one attached hydrogen (secondary N) is 1. The van der Waals surface area contributed by atoms with Crippen molar-refractivity contribution in [3.8, 4) is 0 Å². The summed E-state index contributed by atoms with van der Waals surface area (Å²) in [4.78, 5) is 10.7. The zero-order valence-corrected chi connectivity index (χ0v) is 14.5. The first kappa shape index (κ1) is 18.6. The molecule has 0 amide bonds. The molecule has 1 saturated heterocycles. The molecule has 0 radical (unpaired) electrons. The summed E-state index contributed by atoms with van der Waals surface area (Å²) in [6.45, 7) is 1.98. The van der Waals surface area contributed by atoms with E-state index in [2.05, 4.69) is 5.32 Å². The quantitative estimate of drug-likeness (QED) is 0.435. The highest BCUT2D eigenvalue weighted by Gasteiger charge is 2.28. The van der Waals surface area contributed by atoms with Gasteiger partial charge in [-0.3, -0.25) is 10.1 Å². The van der Waals surface area contributed by atoms with Crippen LogP contribution in [0.25, 0.3) is 0 Å². The lowest BCUT2D eigenvalue weighted by atomic mass is 10.2. The van der Waals surface area contributed by atoms with Crippen molar-refractivity contribution in [3.63, 3.8) is 0 Å². The number of rotatable bonds is 8. The minimum absolute atomic E-state index is 0.0291. The summed E-state index contributed by atoms with van der Waals surface area (Å²) in [6, 6.07) is 4.03. The molecule has 1 N–H and O–H groups in total. The van der Waals surface area contributed by atoms with Gasteiger partial charge in [-0.05, 0) is 31.4 Å². The van der Waals surface area contributed by atoms with Crippen LogP contribution >= 0.6 is 0 Å². The summed E-state index contributed by atoms with van der Waals surface area (Å²) in [7, 11) is -2.10. The number of hydrogen-bond acceptors (Lipinski definition) is 6. The normalized spacial score (nSPS) is 16.0. The number of methoxy groups -OCH3 is 1. The molecule has 1 aromatic rings. The van der Waals surface area contributed by atoms with Gasteiger partial charge in [0.25, 0.3) is 5.69 Å². The van der Waals surface area contributed by atoms with E-state index in [0.29, 0.717) is 38.3 Å². The van der Waals surface area contributed by atoms with Crippen molar-refractivity contribution in [3.05, 3.63) is 28.3 Å². The third-order valence-corrected chi connectivity index (χ3v) is 5.85. The lowest BCUT2D eigenvalue weighted by molar-refractivity contribution is -0.384. The van der Waals surface area contributed by atoms with Gasteiger partial charge in [0, 0.05) is 39.4 Å². The molecule has 0 spiro atoms. The predicted octanol–water partition coefficient (Wildman–Crippen LogP) is 2.22. The van der Waals surface area contributed by atoms with Crippen LogP contribution in [0.5, 0.6) is 0 Å². The molecule has 1 fully saturated rings. The fourth-order valence-electron chi connectivity index (χ4n) is 2.67. The predicted molar refractivity (Wildman–Crippen MR) is 90.7 cm³/mol. The van der Waals surface area contributed by atoms with Gasteiger partial charge in [-0.15, -0.1) is 0 Å². The largest absolute Gasteiger partial charge is 0.385 e. The number of piperidine rings is 1. The first-order valence-corrected chi connectivity index (χ1v) is 9.42. The molecule has 134 valence electrons. The van der Waals surface area contributed by atoms with Crippen molar-refractivity contribution in [2.24, 2.45) is 0 Å². The van der Waals surface area contributed by atoms with Gasteiger partial charge in [-0.25, -0.2) is 8.42 Å². The van der Waals surface area contributed by atoms with Crippen LogP contribution < -0.4 is 5.32 Å². The van der Waals surface area contributed by atoms with Gasteiger partial charge in [0.2, 0.25) is 10.0 Å². The van der Waals surface area contributed by atoms with Crippen molar-refractivity contribution in [2.75, 3.05) is 38.7 Å². The second kappa shape index (κ2) is 8.41. The number of benzene rings is 1. The Balaban J connectivity index is 2.22. The van der Waals surface area contributed by atoms with Crippen LogP contribution in [-0.2, 0) is 14.8 Å². The maximum atomic E-state index is 12.6. The van der Waals surface area contributed by atoms with Crippen LogP contribution in [-0.4, -0.2) is 51.0 Å². The maximum absolute atomic E-state index is 12.6.